The minimum absolute atomic E-state index is 0.205. The van der Waals surface area contributed by atoms with Crippen molar-refractivity contribution in [2.24, 2.45) is 0 Å². The lowest BCUT2D eigenvalue weighted by Gasteiger charge is -2.02. The molecule has 2 aromatic rings. The van der Waals surface area contributed by atoms with Gasteiger partial charge in [-0.15, -0.1) is 0 Å². The van der Waals surface area contributed by atoms with Gasteiger partial charge in [0.2, 0.25) is 0 Å². The van der Waals surface area contributed by atoms with Gasteiger partial charge in [-0.25, -0.2) is 9.37 Å². The third kappa shape index (κ3) is 2.44. The van der Waals surface area contributed by atoms with Crippen LogP contribution in [0.1, 0.15) is 16.1 Å². The van der Waals surface area contributed by atoms with Crippen molar-refractivity contribution in [3.05, 3.63) is 54.0 Å². The molecule has 0 radical (unpaired) electrons. The number of oxazole rings is 1. The first kappa shape index (κ1) is 10.4. The van der Waals surface area contributed by atoms with Crippen LogP contribution in [0.25, 0.3) is 0 Å². The second-order valence-corrected chi connectivity index (χ2v) is 3.19. The summed E-state index contributed by atoms with van der Waals surface area (Å²) in [7, 11) is 0. The average Bonchev–Trinajstić information content (AvgIpc) is 2.79. The SMILES string of the molecule is O=C(NCc1cccc(F)c1)c1cocn1. The standard InChI is InChI=1S/C11H9FN2O2/c12-9-3-1-2-8(4-9)5-13-11(15)10-6-16-7-14-10/h1-4,6-7H,5H2,(H,13,15). The van der Waals surface area contributed by atoms with Crippen LogP contribution in [0.3, 0.4) is 0 Å². The van der Waals surface area contributed by atoms with E-state index in [1.807, 2.05) is 0 Å². The number of aromatic nitrogens is 1. The third-order valence-corrected chi connectivity index (χ3v) is 2.01. The molecule has 0 unspecified atom stereocenters. The Morgan fingerprint density at radius 3 is 3.06 bits per heavy atom. The molecule has 5 heteroatoms. The van der Waals surface area contributed by atoms with Crippen molar-refractivity contribution in [1.29, 1.82) is 0 Å². The van der Waals surface area contributed by atoms with Gasteiger partial charge in [0.15, 0.2) is 12.1 Å². The predicted octanol–water partition coefficient (Wildman–Crippen LogP) is 1.74. The Hall–Kier alpha value is -2.17. The molecule has 0 saturated heterocycles. The van der Waals surface area contributed by atoms with Crippen LogP contribution in [-0.4, -0.2) is 10.9 Å². The Kier molecular flexibility index (Phi) is 2.95. The van der Waals surface area contributed by atoms with Gasteiger partial charge < -0.3 is 9.73 Å². The molecule has 1 aromatic heterocycles. The first-order valence-corrected chi connectivity index (χ1v) is 4.66. The zero-order valence-corrected chi connectivity index (χ0v) is 8.31. The molecule has 1 amide bonds. The van der Waals surface area contributed by atoms with E-state index in [1.54, 1.807) is 12.1 Å². The maximum absolute atomic E-state index is 12.8. The van der Waals surface area contributed by atoms with Gasteiger partial charge in [0.25, 0.3) is 5.91 Å². The molecule has 2 rings (SSSR count). The van der Waals surface area contributed by atoms with Crippen molar-refractivity contribution in [2.45, 2.75) is 6.54 Å². The van der Waals surface area contributed by atoms with Crippen LogP contribution < -0.4 is 5.32 Å². The highest BCUT2D eigenvalue weighted by Gasteiger charge is 2.07. The molecule has 1 aromatic carbocycles. The lowest BCUT2D eigenvalue weighted by Crippen LogP contribution is -2.23. The summed E-state index contributed by atoms with van der Waals surface area (Å²) in [5.41, 5.74) is 0.897. The number of halogens is 1. The van der Waals surface area contributed by atoms with Crippen molar-refractivity contribution < 1.29 is 13.6 Å². The molecule has 0 aliphatic rings. The molecule has 0 fully saturated rings. The molecule has 0 saturated carbocycles. The largest absolute Gasteiger partial charge is 0.451 e. The van der Waals surface area contributed by atoms with Gasteiger partial charge in [-0.1, -0.05) is 12.1 Å². The smallest absolute Gasteiger partial charge is 0.273 e. The van der Waals surface area contributed by atoms with Gasteiger partial charge >= 0.3 is 0 Å². The number of nitrogens with one attached hydrogen (secondary N) is 1. The third-order valence-electron chi connectivity index (χ3n) is 2.01. The molecule has 0 spiro atoms. The molecule has 0 atom stereocenters. The van der Waals surface area contributed by atoms with Crippen LogP contribution in [0.4, 0.5) is 4.39 Å². The number of amides is 1. The molecule has 1 heterocycles. The second-order valence-electron chi connectivity index (χ2n) is 3.19. The molecular formula is C11H9FN2O2. The zero-order chi connectivity index (χ0) is 11.4. The van der Waals surface area contributed by atoms with Crippen LogP contribution in [0.5, 0.6) is 0 Å². The zero-order valence-electron chi connectivity index (χ0n) is 8.31. The highest BCUT2D eigenvalue weighted by Crippen LogP contribution is 2.03. The van der Waals surface area contributed by atoms with Crippen molar-refractivity contribution in [1.82, 2.24) is 10.3 Å². The van der Waals surface area contributed by atoms with Gasteiger partial charge in [-0.2, -0.15) is 0 Å². The van der Waals surface area contributed by atoms with E-state index >= 15 is 0 Å². The minimum Gasteiger partial charge on any atom is -0.451 e. The Morgan fingerprint density at radius 1 is 1.50 bits per heavy atom. The summed E-state index contributed by atoms with van der Waals surface area (Å²) >= 11 is 0. The second kappa shape index (κ2) is 4.57. The number of carbonyl (C=O) groups is 1. The molecular weight excluding hydrogens is 211 g/mol. The van der Waals surface area contributed by atoms with Gasteiger partial charge in [-0.05, 0) is 17.7 Å². The molecule has 0 aliphatic heterocycles. The van der Waals surface area contributed by atoms with E-state index in [1.165, 1.54) is 24.8 Å². The summed E-state index contributed by atoms with van der Waals surface area (Å²) in [5, 5.41) is 2.60. The number of hydrogen-bond acceptors (Lipinski definition) is 3. The summed E-state index contributed by atoms with van der Waals surface area (Å²) in [6.07, 6.45) is 2.43. The Bertz CT molecular complexity index is 482. The van der Waals surface area contributed by atoms with E-state index in [0.717, 1.165) is 0 Å². The maximum Gasteiger partial charge on any atom is 0.273 e. The van der Waals surface area contributed by atoms with Crippen LogP contribution in [0, 0.1) is 5.82 Å². The minimum atomic E-state index is -0.349. The molecule has 1 N–H and O–H groups in total. The number of nitrogens with zero attached hydrogens (tertiary/aromatic N) is 1. The molecule has 4 nitrogen and oxygen atoms in total. The first-order chi connectivity index (χ1) is 7.75. The fourth-order valence-corrected chi connectivity index (χ4v) is 1.24. The van der Waals surface area contributed by atoms with E-state index in [-0.39, 0.29) is 24.0 Å². The predicted molar refractivity (Wildman–Crippen MR) is 54.1 cm³/mol. The number of hydrogen-bond donors (Lipinski definition) is 1. The van der Waals surface area contributed by atoms with E-state index in [2.05, 4.69) is 14.7 Å². The van der Waals surface area contributed by atoms with Gasteiger partial charge in [0, 0.05) is 6.54 Å². The monoisotopic (exact) mass is 220 g/mol. The Morgan fingerprint density at radius 2 is 2.38 bits per heavy atom. The summed E-state index contributed by atoms with van der Waals surface area (Å²) in [6, 6.07) is 6.03. The Balaban J connectivity index is 1.95. The summed E-state index contributed by atoms with van der Waals surface area (Å²) in [5.74, 6) is -0.675. The lowest BCUT2D eigenvalue weighted by molar-refractivity contribution is 0.0946. The number of carbonyl (C=O) groups excluding carboxylic acids is 1. The lowest BCUT2D eigenvalue weighted by atomic mass is 10.2. The van der Waals surface area contributed by atoms with Crippen LogP contribution >= 0.6 is 0 Å². The molecule has 82 valence electrons. The highest BCUT2D eigenvalue weighted by atomic mass is 19.1. The quantitative estimate of drug-likeness (QED) is 0.857. The van der Waals surface area contributed by atoms with E-state index < -0.39 is 0 Å². The van der Waals surface area contributed by atoms with Crippen LogP contribution in [0.2, 0.25) is 0 Å². The average molecular weight is 220 g/mol. The normalized spacial score (nSPS) is 10.1. The summed E-state index contributed by atoms with van der Waals surface area (Å²) in [6.45, 7) is 0.253. The van der Waals surface area contributed by atoms with Crippen molar-refractivity contribution in [2.75, 3.05) is 0 Å². The molecule has 16 heavy (non-hydrogen) atoms. The van der Waals surface area contributed by atoms with Crippen molar-refractivity contribution in [3.8, 4) is 0 Å². The van der Waals surface area contributed by atoms with Crippen LogP contribution in [-0.2, 0) is 6.54 Å². The van der Waals surface area contributed by atoms with E-state index in [0.29, 0.717) is 5.56 Å². The summed E-state index contributed by atoms with van der Waals surface area (Å²) < 4.78 is 17.5. The Labute approximate surface area is 91.1 Å². The number of benzene rings is 1. The maximum atomic E-state index is 12.8. The van der Waals surface area contributed by atoms with Gasteiger partial charge in [-0.3, -0.25) is 4.79 Å². The number of rotatable bonds is 3. The van der Waals surface area contributed by atoms with Gasteiger partial charge in [0.1, 0.15) is 12.1 Å². The summed E-state index contributed by atoms with van der Waals surface area (Å²) in [4.78, 5) is 15.1. The van der Waals surface area contributed by atoms with E-state index in [9.17, 15) is 9.18 Å². The topological polar surface area (TPSA) is 55.1 Å². The fraction of sp³-hybridized carbons (Fsp3) is 0.0909. The van der Waals surface area contributed by atoms with Gasteiger partial charge in [0.05, 0.1) is 0 Å². The first-order valence-electron chi connectivity index (χ1n) is 4.66. The van der Waals surface area contributed by atoms with Crippen LogP contribution in [0.15, 0.2) is 41.3 Å². The molecule has 0 aliphatic carbocycles. The van der Waals surface area contributed by atoms with Crippen molar-refractivity contribution in [3.63, 3.8) is 0 Å². The van der Waals surface area contributed by atoms with Crippen molar-refractivity contribution >= 4 is 5.91 Å². The molecule has 0 bridgehead atoms. The van der Waals surface area contributed by atoms with E-state index in [4.69, 9.17) is 0 Å². The fourth-order valence-electron chi connectivity index (χ4n) is 1.24. The highest BCUT2D eigenvalue weighted by molar-refractivity contribution is 5.91.